The second kappa shape index (κ2) is 7.37. The molecule has 142 valence electrons. The molecule has 3 aromatic rings. The second-order valence-electron chi connectivity index (χ2n) is 6.42. The molecule has 1 aromatic heterocycles. The standard InChI is InChI=1S/C21H16BrNO3S2/c1-2-4-14-5-3-6-17-20(14)15-8-7-13(12-28(23,24)25)11-16(15)21(26-17)18-9-10-19(22)27-18/h3,5-11,21H,12H2,1H3,(H2,23,24,25). The van der Waals surface area contributed by atoms with Gasteiger partial charge in [-0.05, 0) is 58.2 Å². The summed E-state index contributed by atoms with van der Waals surface area (Å²) < 4.78 is 30.5. The first kappa shape index (κ1) is 19.2. The van der Waals surface area contributed by atoms with Gasteiger partial charge in [0.25, 0.3) is 0 Å². The predicted octanol–water partition coefficient (Wildman–Crippen LogP) is 4.82. The Bertz CT molecular complexity index is 1240. The van der Waals surface area contributed by atoms with Crippen molar-refractivity contribution in [2.45, 2.75) is 18.8 Å². The van der Waals surface area contributed by atoms with Crippen LogP contribution in [0, 0.1) is 11.8 Å². The topological polar surface area (TPSA) is 69.4 Å². The van der Waals surface area contributed by atoms with Gasteiger partial charge in [0.15, 0.2) is 6.10 Å². The number of sulfonamides is 1. The minimum absolute atomic E-state index is 0.218. The fourth-order valence-corrected chi connectivity index (χ4v) is 5.51. The van der Waals surface area contributed by atoms with E-state index < -0.39 is 10.0 Å². The van der Waals surface area contributed by atoms with Crippen LogP contribution in [0.1, 0.15) is 34.6 Å². The Morgan fingerprint density at radius 1 is 1.21 bits per heavy atom. The molecule has 4 nitrogen and oxygen atoms in total. The summed E-state index contributed by atoms with van der Waals surface area (Å²) >= 11 is 5.09. The number of thiophene rings is 1. The minimum Gasteiger partial charge on any atom is -0.479 e. The summed E-state index contributed by atoms with van der Waals surface area (Å²) in [5, 5.41) is 5.25. The number of fused-ring (bicyclic) bond motifs is 3. The molecule has 2 aromatic carbocycles. The molecule has 0 saturated carbocycles. The first-order valence-corrected chi connectivity index (χ1v) is 11.8. The molecule has 0 aliphatic carbocycles. The van der Waals surface area contributed by atoms with Crippen LogP contribution in [0.2, 0.25) is 0 Å². The molecule has 4 rings (SSSR count). The van der Waals surface area contributed by atoms with Crippen LogP contribution in [-0.2, 0) is 15.8 Å². The molecule has 2 heterocycles. The maximum Gasteiger partial charge on any atom is 0.213 e. The van der Waals surface area contributed by atoms with Gasteiger partial charge in [-0.25, -0.2) is 13.6 Å². The average Bonchev–Trinajstić information content (AvgIpc) is 3.06. The van der Waals surface area contributed by atoms with Gasteiger partial charge in [-0.15, -0.1) is 17.3 Å². The van der Waals surface area contributed by atoms with Gasteiger partial charge >= 0.3 is 0 Å². The number of hydrogen-bond acceptors (Lipinski definition) is 4. The van der Waals surface area contributed by atoms with Crippen molar-refractivity contribution in [3.63, 3.8) is 0 Å². The molecule has 0 saturated heterocycles. The quantitative estimate of drug-likeness (QED) is 0.554. The van der Waals surface area contributed by atoms with Crippen LogP contribution in [0.5, 0.6) is 5.75 Å². The largest absolute Gasteiger partial charge is 0.479 e. The van der Waals surface area contributed by atoms with Crippen LogP contribution in [0.4, 0.5) is 0 Å². The summed E-state index contributed by atoms with van der Waals surface area (Å²) in [5.41, 5.74) is 4.35. The number of halogens is 1. The van der Waals surface area contributed by atoms with Gasteiger partial charge in [-0.2, -0.15) is 0 Å². The van der Waals surface area contributed by atoms with Gasteiger partial charge in [-0.3, -0.25) is 0 Å². The van der Waals surface area contributed by atoms with Crippen LogP contribution in [0.15, 0.2) is 52.3 Å². The highest BCUT2D eigenvalue weighted by atomic mass is 79.9. The number of ether oxygens (including phenoxy) is 1. The second-order valence-corrected chi connectivity index (χ2v) is 10.5. The number of hydrogen-bond donors (Lipinski definition) is 1. The van der Waals surface area contributed by atoms with Crippen molar-refractivity contribution in [3.8, 4) is 28.7 Å². The Morgan fingerprint density at radius 2 is 2.04 bits per heavy atom. The first-order chi connectivity index (χ1) is 13.4. The zero-order valence-corrected chi connectivity index (χ0v) is 18.1. The zero-order valence-electron chi connectivity index (χ0n) is 14.9. The Labute approximate surface area is 176 Å². The molecule has 7 heteroatoms. The SMILES string of the molecule is CC#Cc1cccc2c1-c1ccc(CS(N)(=O)=O)cc1C(c1ccc(Br)s1)O2. The number of rotatable bonds is 3. The minimum atomic E-state index is -3.63. The number of benzene rings is 2. The predicted molar refractivity (Wildman–Crippen MR) is 116 cm³/mol. The lowest BCUT2D eigenvalue weighted by Gasteiger charge is -2.29. The molecular formula is C21H16BrNO3S2. The van der Waals surface area contributed by atoms with E-state index in [1.807, 2.05) is 42.5 Å². The Balaban J connectivity index is 1.94. The van der Waals surface area contributed by atoms with Gasteiger partial charge in [0.2, 0.25) is 10.0 Å². The van der Waals surface area contributed by atoms with Crippen LogP contribution in [0.3, 0.4) is 0 Å². The van der Waals surface area contributed by atoms with E-state index in [4.69, 9.17) is 9.88 Å². The highest BCUT2D eigenvalue weighted by Gasteiger charge is 2.30. The summed E-state index contributed by atoms with van der Waals surface area (Å²) in [6.07, 6.45) is -0.330. The van der Waals surface area contributed by atoms with E-state index in [-0.39, 0.29) is 11.9 Å². The van der Waals surface area contributed by atoms with Crippen molar-refractivity contribution in [1.82, 2.24) is 0 Å². The third-order valence-corrected chi connectivity index (χ3v) is 6.82. The van der Waals surface area contributed by atoms with Crippen LogP contribution in [-0.4, -0.2) is 8.42 Å². The van der Waals surface area contributed by atoms with Crippen molar-refractivity contribution in [1.29, 1.82) is 0 Å². The molecule has 1 atom stereocenters. The van der Waals surface area contributed by atoms with E-state index in [9.17, 15) is 8.42 Å². The van der Waals surface area contributed by atoms with Gasteiger partial charge in [0, 0.05) is 16.7 Å². The van der Waals surface area contributed by atoms with E-state index in [1.165, 1.54) is 0 Å². The maximum atomic E-state index is 11.6. The van der Waals surface area contributed by atoms with E-state index in [1.54, 1.807) is 24.3 Å². The summed E-state index contributed by atoms with van der Waals surface area (Å²) in [6.45, 7) is 1.80. The molecule has 0 fully saturated rings. The summed E-state index contributed by atoms with van der Waals surface area (Å²) in [7, 11) is -3.63. The van der Waals surface area contributed by atoms with Crippen molar-refractivity contribution in [3.05, 3.63) is 73.9 Å². The third-order valence-electron chi connectivity index (χ3n) is 4.42. The molecule has 28 heavy (non-hydrogen) atoms. The van der Waals surface area contributed by atoms with E-state index in [2.05, 4.69) is 27.8 Å². The lowest BCUT2D eigenvalue weighted by molar-refractivity contribution is 0.247. The lowest BCUT2D eigenvalue weighted by Crippen LogP contribution is -2.17. The fourth-order valence-electron chi connectivity index (χ4n) is 3.40. The van der Waals surface area contributed by atoms with Crippen molar-refractivity contribution < 1.29 is 13.2 Å². The van der Waals surface area contributed by atoms with Crippen LogP contribution >= 0.6 is 27.3 Å². The molecule has 0 radical (unpaired) electrons. The summed E-state index contributed by atoms with van der Waals surface area (Å²) in [4.78, 5) is 1.03. The number of primary sulfonamides is 1. The van der Waals surface area contributed by atoms with Gasteiger partial charge < -0.3 is 4.74 Å². The van der Waals surface area contributed by atoms with Crippen molar-refractivity contribution >= 4 is 37.3 Å². The molecule has 0 spiro atoms. The Kier molecular flexibility index (Phi) is 5.06. The average molecular weight is 474 g/mol. The molecule has 0 amide bonds. The number of nitrogens with two attached hydrogens (primary N) is 1. The van der Waals surface area contributed by atoms with Crippen LogP contribution in [0.25, 0.3) is 11.1 Å². The van der Waals surface area contributed by atoms with Gasteiger partial charge in [0.1, 0.15) is 5.75 Å². The van der Waals surface area contributed by atoms with E-state index in [0.29, 0.717) is 5.56 Å². The monoisotopic (exact) mass is 473 g/mol. The zero-order chi connectivity index (χ0) is 19.9. The Morgan fingerprint density at radius 3 is 2.71 bits per heavy atom. The molecule has 1 unspecified atom stereocenters. The molecular weight excluding hydrogens is 458 g/mol. The third kappa shape index (κ3) is 3.74. The molecule has 2 N–H and O–H groups in total. The van der Waals surface area contributed by atoms with Crippen LogP contribution < -0.4 is 9.88 Å². The molecule has 1 aliphatic rings. The van der Waals surface area contributed by atoms with E-state index in [0.717, 1.165) is 36.7 Å². The van der Waals surface area contributed by atoms with E-state index >= 15 is 0 Å². The fraction of sp³-hybridized carbons (Fsp3) is 0.143. The summed E-state index contributed by atoms with van der Waals surface area (Å²) in [6, 6.07) is 15.4. The lowest BCUT2D eigenvalue weighted by atomic mass is 9.88. The van der Waals surface area contributed by atoms with Gasteiger partial charge in [-0.1, -0.05) is 30.2 Å². The van der Waals surface area contributed by atoms with Crippen molar-refractivity contribution in [2.75, 3.05) is 0 Å². The highest BCUT2D eigenvalue weighted by molar-refractivity contribution is 9.11. The maximum absolute atomic E-state index is 11.6. The summed E-state index contributed by atoms with van der Waals surface area (Å²) in [5.74, 6) is 6.63. The normalized spacial score (nSPS) is 15.0. The first-order valence-electron chi connectivity index (χ1n) is 8.47. The smallest absolute Gasteiger partial charge is 0.213 e. The van der Waals surface area contributed by atoms with Gasteiger partial charge in [0.05, 0.1) is 14.4 Å². The Hall–Kier alpha value is -2.11. The van der Waals surface area contributed by atoms with Crippen molar-refractivity contribution in [2.24, 2.45) is 5.14 Å². The molecule has 0 bridgehead atoms. The highest BCUT2D eigenvalue weighted by Crippen LogP contribution is 2.48. The molecule has 1 aliphatic heterocycles.